The summed E-state index contributed by atoms with van der Waals surface area (Å²) in [4.78, 5) is 11.2. The molecule has 0 fully saturated rings. The highest BCUT2D eigenvalue weighted by Gasteiger charge is 2.29. The van der Waals surface area contributed by atoms with Gasteiger partial charge in [0.25, 0.3) is 0 Å². The molecule has 0 bridgehead atoms. The summed E-state index contributed by atoms with van der Waals surface area (Å²) in [6, 6.07) is 9.80. The largest absolute Gasteiger partial charge is 0.455 e. The molecule has 1 aromatic rings. The predicted molar refractivity (Wildman–Crippen MR) is 79.4 cm³/mol. The fraction of sp³-hybridized carbons (Fsp3) is 0.400. The lowest BCUT2D eigenvalue weighted by atomic mass is 10.0. The van der Waals surface area contributed by atoms with E-state index < -0.39 is 14.4 Å². The molecule has 104 valence electrons. The number of carbonyl (C=O) groups is 1. The van der Waals surface area contributed by atoms with Crippen LogP contribution in [0, 0.1) is 0 Å². The van der Waals surface area contributed by atoms with E-state index in [0.717, 1.165) is 5.56 Å². The molecule has 4 heteroatoms. The molecule has 0 aliphatic heterocycles. The fourth-order valence-electron chi connectivity index (χ4n) is 1.77. The molecule has 2 atom stereocenters. The monoisotopic (exact) mass is 278 g/mol. The Morgan fingerprint density at radius 1 is 1.26 bits per heavy atom. The molecular weight excluding hydrogens is 256 g/mol. The van der Waals surface area contributed by atoms with Gasteiger partial charge in [-0.2, -0.15) is 0 Å². The quantitative estimate of drug-likeness (QED) is 0.452. The molecule has 0 aromatic heterocycles. The first kappa shape index (κ1) is 15.7. The van der Waals surface area contributed by atoms with Crippen LogP contribution in [0.25, 0.3) is 0 Å². The smallest absolute Gasteiger partial charge is 0.303 e. The summed E-state index contributed by atoms with van der Waals surface area (Å²) in [6.45, 7) is 11.5. The Balaban J connectivity index is 3.03. The third kappa shape index (κ3) is 5.40. The minimum Gasteiger partial charge on any atom is -0.455 e. The van der Waals surface area contributed by atoms with Crippen LogP contribution in [-0.2, 0) is 14.0 Å². The number of hydrogen-bond acceptors (Lipinski definition) is 3. The molecule has 1 rings (SSSR count). The van der Waals surface area contributed by atoms with Crippen LogP contribution in [0.5, 0.6) is 0 Å². The van der Waals surface area contributed by atoms with Gasteiger partial charge in [-0.15, -0.1) is 0 Å². The van der Waals surface area contributed by atoms with Gasteiger partial charge in [0.1, 0.15) is 12.2 Å². The topological polar surface area (TPSA) is 35.5 Å². The SMILES string of the molecule is C=C[C@@H](OC(C)=O)[C@H](O[Si](C)(C)C)c1ccccc1. The highest BCUT2D eigenvalue weighted by atomic mass is 28.4. The molecule has 0 aliphatic carbocycles. The zero-order valence-electron chi connectivity index (χ0n) is 12.1. The number of ether oxygens (including phenoxy) is 1. The third-order valence-corrected chi connectivity index (χ3v) is 3.40. The van der Waals surface area contributed by atoms with Crippen LogP contribution >= 0.6 is 0 Å². The van der Waals surface area contributed by atoms with Gasteiger partial charge in [0.05, 0.1) is 0 Å². The van der Waals surface area contributed by atoms with Gasteiger partial charge < -0.3 is 9.16 Å². The Labute approximate surface area is 116 Å². The van der Waals surface area contributed by atoms with Crippen molar-refractivity contribution in [3.05, 3.63) is 48.6 Å². The standard InChI is InChI=1S/C15H22O3Si/c1-6-14(17-12(2)16)15(18-19(3,4)5)13-10-8-7-9-11-13/h6-11,14-15H,1H2,2-5H3/t14-,15-/m1/s1. The molecule has 19 heavy (non-hydrogen) atoms. The number of esters is 1. The van der Waals surface area contributed by atoms with Crippen LogP contribution in [0.2, 0.25) is 19.6 Å². The number of carbonyl (C=O) groups excluding carboxylic acids is 1. The van der Waals surface area contributed by atoms with Crippen LogP contribution in [0.4, 0.5) is 0 Å². The lowest BCUT2D eigenvalue weighted by molar-refractivity contribution is -0.148. The van der Waals surface area contributed by atoms with Crippen molar-refractivity contribution in [2.75, 3.05) is 0 Å². The van der Waals surface area contributed by atoms with Crippen LogP contribution in [0.3, 0.4) is 0 Å². The Hall–Kier alpha value is -1.39. The molecule has 0 saturated carbocycles. The average molecular weight is 278 g/mol. The molecule has 3 nitrogen and oxygen atoms in total. The van der Waals surface area contributed by atoms with E-state index in [1.54, 1.807) is 6.08 Å². The minimum absolute atomic E-state index is 0.297. The van der Waals surface area contributed by atoms with E-state index in [0.29, 0.717) is 0 Å². The highest BCUT2D eigenvalue weighted by molar-refractivity contribution is 6.69. The van der Waals surface area contributed by atoms with Gasteiger partial charge in [0.2, 0.25) is 0 Å². The molecule has 1 aromatic carbocycles. The second-order valence-electron chi connectivity index (χ2n) is 5.37. The molecule has 0 unspecified atom stereocenters. The summed E-state index contributed by atoms with van der Waals surface area (Å²) < 4.78 is 11.5. The van der Waals surface area contributed by atoms with Gasteiger partial charge in [-0.3, -0.25) is 4.79 Å². The van der Waals surface area contributed by atoms with Crippen LogP contribution < -0.4 is 0 Å². The third-order valence-electron chi connectivity index (χ3n) is 2.44. The zero-order valence-corrected chi connectivity index (χ0v) is 13.1. The van der Waals surface area contributed by atoms with E-state index in [9.17, 15) is 4.79 Å². The van der Waals surface area contributed by atoms with Crippen molar-refractivity contribution in [3.8, 4) is 0 Å². The summed E-state index contributed by atoms with van der Waals surface area (Å²) >= 11 is 0. The van der Waals surface area contributed by atoms with Gasteiger partial charge in [-0.05, 0) is 31.3 Å². The number of benzene rings is 1. The molecule has 0 heterocycles. The van der Waals surface area contributed by atoms with Gasteiger partial charge in [-0.1, -0.05) is 36.9 Å². The van der Waals surface area contributed by atoms with Crippen molar-refractivity contribution in [1.82, 2.24) is 0 Å². The van der Waals surface area contributed by atoms with Crippen LogP contribution in [-0.4, -0.2) is 20.4 Å². The lowest BCUT2D eigenvalue weighted by Gasteiger charge is -2.31. The first-order chi connectivity index (χ1) is 8.83. The molecule has 0 N–H and O–H groups in total. The summed E-state index contributed by atoms with van der Waals surface area (Å²) in [5.41, 5.74) is 0.996. The van der Waals surface area contributed by atoms with Crippen LogP contribution in [0.15, 0.2) is 43.0 Å². The molecular formula is C15H22O3Si. The molecule has 0 saturated heterocycles. The summed E-state index contributed by atoms with van der Waals surface area (Å²) in [7, 11) is -1.77. The number of rotatable bonds is 6. The van der Waals surface area contributed by atoms with Crippen molar-refractivity contribution in [2.45, 2.75) is 38.8 Å². The maximum atomic E-state index is 11.2. The van der Waals surface area contributed by atoms with Crippen molar-refractivity contribution in [1.29, 1.82) is 0 Å². The lowest BCUT2D eigenvalue weighted by Crippen LogP contribution is -2.34. The van der Waals surface area contributed by atoms with Gasteiger partial charge in [0.15, 0.2) is 8.32 Å². The van der Waals surface area contributed by atoms with Crippen molar-refractivity contribution < 1.29 is 14.0 Å². The van der Waals surface area contributed by atoms with Crippen molar-refractivity contribution >= 4 is 14.3 Å². The predicted octanol–water partition coefficient (Wildman–Crippen LogP) is 3.70. The second kappa shape index (κ2) is 6.68. The fourth-order valence-corrected chi connectivity index (χ4v) is 2.81. The first-order valence-corrected chi connectivity index (χ1v) is 9.77. The van der Waals surface area contributed by atoms with Crippen molar-refractivity contribution in [2.24, 2.45) is 0 Å². The van der Waals surface area contributed by atoms with E-state index in [-0.39, 0.29) is 12.1 Å². The summed E-state index contributed by atoms with van der Waals surface area (Å²) in [6.07, 6.45) is 0.861. The van der Waals surface area contributed by atoms with Crippen molar-refractivity contribution in [3.63, 3.8) is 0 Å². The Morgan fingerprint density at radius 2 is 1.84 bits per heavy atom. The molecule has 0 aliphatic rings. The van der Waals surface area contributed by atoms with E-state index in [1.807, 2.05) is 30.3 Å². The maximum absolute atomic E-state index is 11.2. The Bertz CT molecular complexity index is 423. The van der Waals surface area contributed by atoms with Gasteiger partial charge in [-0.25, -0.2) is 0 Å². The Morgan fingerprint density at radius 3 is 2.26 bits per heavy atom. The normalized spacial score (nSPS) is 14.5. The summed E-state index contributed by atoms with van der Waals surface area (Å²) in [5, 5.41) is 0. The van der Waals surface area contributed by atoms with Crippen LogP contribution in [0.1, 0.15) is 18.6 Å². The Kier molecular flexibility index (Phi) is 5.51. The van der Waals surface area contributed by atoms with E-state index >= 15 is 0 Å². The number of hydrogen-bond donors (Lipinski definition) is 0. The zero-order chi connectivity index (χ0) is 14.5. The molecule has 0 amide bonds. The molecule has 0 radical (unpaired) electrons. The maximum Gasteiger partial charge on any atom is 0.303 e. The van der Waals surface area contributed by atoms with Gasteiger partial charge >= 0.3 is 5.97 Å². The molecule has 0 spiro atoms. The second-order valence-corrected chi connectivity index (χ2v) is 9.83. The average Bonchev–Trinajstić information content (AvgIpc) is 2.33. The first-order valence-electron chi connectivity index (χ1n) is 6.36. The van der Waals surface area contributed by atoms with E-state index in [2.05, 4.69) is 26.2 Å². The van der Waals surface area contributed by atoms with E-state index in [1.165, 1.54) is 6.92 Å². The minimum atomic E-state index is -1.77. The van der Waals surface area contributed by atoms with E-state index in [4.69, 9.17) is 9.16 Å². The highest BCUT2D eigenvalue weighted by Crippen LogP contribution is 2.28. The van der Waals surface area contributed by atoms with Gasteiger partial charge in [0, 0.05) is 6.92 Å². The summed E-state index contributed by atoms with van der Waals surface area (Å²) in [5.74, 6) is -0.329.